The van der Waals surface area contributed by atoms with Crippen molar-refractivity contribution in [2.45, 2.75) is 11.8 Å². The van der Waals surface area contributed by atoms with Crippen LogP contribution in [0.5, 0.6) is 5.75 Å². The van der Waals surface area contributed by atoms with Crippen molar-refractivity contribution in [2.75, 3.05) is 5.32 Å². The summed E-state index contributed by atoms with van der Waals surface area (Å²) in [6.45, 7) is 1.63. The first-order chi connectivity index (χ1) is 11.7. The first-order valence-corrected chi connectivity index (χ1v) is 8.97. The summed E-state index contributed by atoms with van der Waals surface area (Å²) in [6, 6.07) is 4.60. The van der Waals surface area contributed by atoms with E-state index in [9.17, 15) is 13.2 Å². The molecule has 25 heavy (non-hydrogen) atoms. The fraction of sp³-hybridized carbons (Fsp3) is 0.154. The Labute approximate surface area is 153 Å². The Morgan fingerprint density at radius 2 is 2.04 bits per heavy atom. The van der Waals surface area contributed by atoms with Crippen LogP contribution in [0.15, 0.2) is 39.9 Å². The zero-order chi connectivity index (χ0) is 18.6. The lowest BCUT2D eigenvalue weighted by Gasteiger charge is -2.11. The number of urea groups is 1. The number of nitrogens with one attached hydrogen (secondary N) is 2. The largest absolute Gasteiger partial charge is 0.443 e. The predicted molar refractivity (Wildman–Crippen MR) is 91.9 cm³/mol. The highest BCUT2D eigenvalue weighted by molar-refractivity contribution is 7.90. The van der Waals surface area contributed by atoms with Gasteiger partial charge in [0, 0.05) is 7.05 Å². The number of ether oxygens (including phenoxy) is 1. The molecule has 0 bridgehead atoms. The number of amides is 2. The molecule has 0 spiro atoms. The summed E-state index contributed by atoms with van der Waals surface area (Å²) in [6.07, 6.45) is 0. The van der Waals surface area contributed by atoms with Crippen molar-refractivity contribution in [3.05, 3.63) is 40.8 Å². The van der Waals surface area contributed by atoms with Gasteiger partial charge in [-0.25, -0.2) is 22.6 Å². The molecule has 2 rings (SSSR count). The molecule has 1 heterocycles. The molecule has 2 aromatic rings. The molecule has 0 aliphatic rings. The number of hydrogen-bond donors (Lipinski definition) is 2. The highest BCUT2D eigenvalue weighted by Crippen LogP contribution is 2.26. The zero-order valence-electron chi connectivity index (χ0n) is 13.0. The fourth-order valence-corrected chi connectivity index (χ4v) is 2.97. The van der Waals surface area contributed by atoms with E-state index in [1.54, 1.807) is 14.0 Å². The van der Waals surface area contributed by atoms with E-state index in [2.05, 4.69) is 15.4 Å². The lowest BCUT2D eigenvalue weighted by atomic mass is 10.3. The van der Waals surface area contributed by atoms with Crippen LogP contribution < -0.4 is 14.8 Å². The summed E-state index contributed by atoms with van der Waals surface area (Å²) in [5.74, 6) is 0.406. The summed E-state index contributed by atoms with van der Waals surface area (Å²) < 4.78 is 33.1. The number of hydrogen-bond acceptors (Lipinski definition) is 6. The molecule has 0 saturated heterocycles. The Balaban J connectivity index is 2.21. The number of rotatable bonds is 5. The third-order valence-corrected chi connectivity index (χ3v) is 4.62. The molecule has 1 aromatic carbocycles. The normalized spacial score (nSPS) is 11.9. The van der Waals surface area contributed by atoms with Crippen molar-refractivity contribution < 1.29 is 17.9 Å². The average Bonchev–Trinajstić information content (AvgIpc) is 2.84. The highest BCUT2D eigenvalue weighted by atomic mass is 35.5. The smallest absolute Gasteiger partial charge is 0.335 e. The number of halogens is 2. The number of benzene rings is 1. The number of para-hydroxylation sites is 1. The predicted octanol–water partition coefficient (Wildman–Crippen LogP) is 2.29. The molecule has 0 saturated carbocycles. The monoisotopic (exact) mass is 405 g/mol. The van der Waals surface area contributed by atoms with Gasteiger partial charge in [0.2, 0.25) is 11.2 Å². The first kappa shape index (κ1) is 19.0. The van der Waals surface area contributed by atoms with Gasteiger partial charge in [0.25, 0.3) is 10.0 Å². The minimum atomic E-state index is -4.24. The van der Waals surface area contributed by atoms with Gasteiger partial charge in [-0.3, -0.25) is 5.32 Å². The van der Waals surface area contributed by atoms with Crippen LogP contribution in [0.3, 0.4) is 0 Å². The van der Waals surface area contributed by atoms with Gasteiger partial charge in [-0.2, -0.15) is 10.1 Å². The van der Waals surface area contributed by atoms with E-state index >= 15 is 0 Å². The Bertz CT molecular complexity index is 926. The van der Waals surface area contributed by atoms with E-state index in [4.69, 9.17) is 27.9 Å². The Morgan fingerprint density at radius 3 is 2.64 bits per heavy atom. The number of nitrogens with zero attached hydrogens (tertiary/aromatic N) is 3. The van der Waals surface area contributed by atoms with Crippen LogP contribution >= 0.6 is 23.2 Å². The molecule has 9 nitrogen and oxygen atoms in total. The molecular weight excluding hydrogens is 393 g/mol. The summed E-state index contributed by atoms with van der Waals surface area (Å²) in [5, 5.41) is 5.99. The van der Waals surface area contributed by atoms with E-state index in [-0.39, 0.29) is 21.8 Å². The SMILES string of the molecule is Cc1nc(NC(=O)NS(=O)(=O)c2ccccc2OC(Cl)=CCl)n(C)n1. The van der Waals surface area contributed by atoms with E-state index in [1.165, 1.54) is 28.9 Å². The summed E-state index contributed by atoms with van der Waals surface area (Å²) in [4.78, 5) is 15.6. The van der Waals surface area contributed by atoms with Crippen LogP contribution in [0.2, 0.25) is 0 Å². The number of carbonyl (C=O) groups excluding carboxylic acids is 1. The molecule has 0 atom stereocenters. The van der Waals surface area contributed by atoms with Gasteiger partial charge in [-0.1, -0.05) is 23.7 Å². The van der Waals surface area contributed by atoms with Gasteiger partial charge in [-0.05, 0) is 30.7 Å². The van der Waals surface area contributed by atoms with Gasteiger partial charge in [0.05, 0.1) is 5.54 Å². The second-order valence-corrected chi connectivity index (χ2v) is 6.87. The standard InChI is InChI=1S/C13H13Cl2N5O4S/c1-8-16-12(20(2)18-8)17-13(21)19-25(22,23)10-6-4-3-5-9(10)24-11(15)7-14/h3-7H,1-2H3,(H2,16,17,18,19,21). The van der Waals surface area contributed by atoms with Crippen molar-refractivity contribution in [1.29, 1.82) is 0 Å². The molecule has 134 valence electrons. The first-order valence-electron chi connectivity index (χ1n) is 6.67. The molecule has 2 N–H and O–H groups in total. The summed E-state index contributed by atoms with van der Waals surface area (Å²) >= 11 is 11.0. The fourth-order valence-electron chi connectivity index (χ4n) is 1.81. The Hall–Kier alpha value is -2.30. The number of aromatic nitrogens is 3. The molecule has 0 unspecified atom stereocenters. The molecular formula is C13H13Cl2N5O4S. The van der Waals surface area contributed by atoms with Gasteiger partial charge in [0.15, 0.2) is 0 Å². The van der Waals surface area contributed by atoms with E-state index in [0.717, 1.165) is 5.54 Å². The van der Waals surface area contributed by atoms with Gasteiger partial charge >= 0.3 is 6.03 Å². The van der Waals surface area contributed by atoms with Crippen molar-refractivity contribution >= 4 is 45.2 Å². The van der Waals surface area contributed by atoms with Gasteiger partial charge < -0.3 is 4.74 Å². The second-order valence-electron chi connectivity index (χ2n) is 4.63. The molecule has 0 aliphatic carbocycles. The molecule has 0 radical (unpaired) electrons. The van der Waals surface area contributed by atoms with E-state index < -0.39 is 16.1 Å². The molecule has 0 fully saturated rings. The van der Waals surface area contributed by atoms with Crippen LogP contribution in [0.25, 0.3) is 0 Å². The Morgan fingerprint density at radius 1 is 1.36 bits per heavy atom. The van der Waals surface area contributed by atoms with Gasteiger partial charge in [0.1, 0.15) is 16.5 Å². The van der Waals surface area contributed by atoms with Crippen molar-refractivity contribution in [1.82, 2.24) is 19.5 Å². The highest BCUT2D eigenvalue weighted by Gasteiger charge is 2.23. The minimum absolute atomic E-state index is 0.0860. The van der Waals surface area contributed by atoms with Crippen molar-refractivity contribution in [3.63, 3.8) is 0 Å². The van der Waals surface area contributed by atoms with E-state index in [1.807, 2.05) is 4.72 Å². The maximum Gasteiger partial charge on any atom is 0.335 e. The summed E-state index contributed by atoms with van der Waals surface area (Å²) in [5.41, 5.74) is 0.932. The van der Waals surface area contributed by atoms with Crippen LogP contribution in [-0.4, -0.2) is 29.2 Å². The van der Waals surface area contributed by atoms with Crippen LogP contribution in [0, 0.1) is 6.92 Å². The number of aryl methyl sites for hydroxylation is 2. The topological polar surface area (TPSA) is 115 Å². The van der Waals surface area contributed by atoms with Crippen LogP contribution in [0.4, 0.5) is 10.7 Å². The molecule has 12 heteroatoms. The van der Waals surface area contributed by atoms with Crippen LogP contribution in [-0.2, 0) is 17.1 Å². The third-order valence-electron chi connectivity index (χ3n) is 2.75. The average molecular weight is 406 g/mol. The van der Waals surface area contributed by atoms with Crippen LogP contribution in [0.1, 0.15) is 5.82 Å². The zero-order valence-corrected chi connectivity index (χ0v) is 15.4. The maximum atomic E-state index is 12.4. The minimum Gasteiger partial charge on any atom is -0.443 e. The van der Waals surface area contributed by atoms with Crippen molar-refractivity contribution in [2.24, 2.45) is 7.05 Å². The van der Waals surface area contributed by atoms with Gasteiger partial charge in [-0.15, -0.1) is 0 Å². The third kappa shape index (κ3) is 4.84. The lowest BCUT2D eigenvalue weighted by molar-refractivity contribution is 0.256. The number of anilines is 1. The second kappa shape index (κ2) is 7.72. The maximum absolute atomic E-state index is 12.4. The summed E-state index contributed by atoms with van der Waals surface area (Å²) in [7, 11) is -2.69. The van der Waals surface area contributed by atoms with E-state index in [0.29, 0.717) is 5.82 Å². The molecule has 0 aliphatic heterocycles. The van der Waals surface area contributed by atoms with Crippen molar-refractivity contribution in [3.8, 4) is 5.75 Å². The molecule has 2 amide bonds. The quantitative estimate of drug-likeness (QED) is 0.737. The Kier molecular flexibility index (Phi) is 5.88. The lowest BCUT2D eigenvalue weighted by Crippen LogP contribution is -2.35. The molecule has 1 aromatic heterocycles. The number of carbonyl (C=O) groups is 1. The number of sulfonamides is 1.